The summed E-state index contributed by atoms with van der Waals surface area (Å²) in [5.74, 6) is -1.06. The maximum atomic E-state index is 13.2. The summed E-state index contributed by atoms with van der Waals surface area (Å²) in [5.41, 5.74) is 7.80. The number of anilines is 1. The Kier molecular flexibility index (Phi) is 8.23. The van der Waals surface area contributed by atoms with E-state index in [4.69, 9.17) is 15.2 Å². The summed E-state index contributed by atoms with van der Waals surface area (Å²) in [7, 11) is 0. The molecule has 2 amide bonds. The standard InChI is InChI=1S/C28H33N5O5/c1-18(34)38-23-13-20-11-7-8-12-21(20)25(23)33-14-24(30-17-33)32-26(35)22(31-27(36)28(2,3)29)16-37-15-19-9-5-4-6-10-19/h4-12,14,17,22-23,25H,13,15-16,29H2,1-3H3,(H,31,36)(H,32,35)/t22-,23-,25+/m1/s1. The number of benzene rings is 2. The van der Waals surface area contributed by atoms with Crippen LogP contribution in [0.2, 0.25) is 0 Å². The summed E-state index contributed by atoms with van der Waals surface area (Å²) in [4.78, 5) is 41.8. The van der Waals surface area contributed by atoms with Crippen LogP contribution in [0.5, 0.6) is 0 Å². The van der Waals surface area contributed by atoms with E-state index in [2.05, 4.69) is 15.6 Å². The van der Waals surface area contributed by atoms with Gasteiger partial charge in [0.25, 0.3) is 5.91 Å². The van der Waals surface area contributed by atoms with E-state index in [1.165, 1.54) is 6.92 Å². The Morgan fingerprint density at radius 1 is 1.13 bits per heavy atom. The molecular weight excluding hydrogens is 486 g/mol. The number of hydrogen-bond acceptors (Lipinski definition) is 7. The van der Waals surface area contributed by atoms with Crippen molar-refractivity contribution in [3.05, 3.63) is 83.8 Å². The average molecular weight is 520 g/mol. The smallest absolute Gasteiger partial charge is 0.302 e. The van der Waals surface area contributed by atoms with Crippen molar-refractivity contribution < 1.29 is 23.9 Å². The Hall–Kier alpha value is -4.02. The molecule has 2 aromatic carbocycles. The van der Waals surface area contributed by atoms with E-state index < -0.39 is 29.5 Å². The van der Waals surface area contributed by atoms with Gasteiger partial charge in [-0.15, -0.1) is 0 Å². The molecular formula is C28H33N5O5. The molecule has 200 valence electrons. The van der Waals surface area contributed by atoms with Crippen LogP contribution in [0.1, 0.15) is 43.5 Å². The number of aromatic nitrogens is 2. The zero-order chi connectivity index (χ0) is 27.3. The van der Waals surface area contributed by atoms with Gasteiger partial charge in [-0.25, -0.2) is 4.98 Å². The van der Waals surface area contributed by atoms with Crippen molar-refractivity contribution in [3.8, 4) is 0 Å². The molecule has 0 aliphatic heterocycles. The highest BCUT2D eigenvalue weighted by Gasteiger charge is 2.36. The minimum absolute atomic E-state index is 0.0617. The molecule has 0 spiro atoms. The Bertz CT molecular complexity index is 1280. The number of carbonyl (C=O) groups is 3. The lowest BCUT2D eigenvalue weighted by Crippen LogP contribution is -2.56. The highest BCUT2D eigenvalue weighted by molar-refractivity contribution is 5.98. The third-order valence-corrected chi connectivity index (χ3v) is 6.24. The average Bonchev–Trinajstić information content (AvgIpc) is 3.46. The first-order chi connectivity index (χ1) is 18.1. The first-order valence-electron chi connectivity index (χ1n) is 12.4. The molecule has 3 aromatic rings. The van der Waals surface area contributed by atoms with E-state index in [0.29, 0.717) is 6.42 Å². The zero-order valence-electron chi connectivity index (χ0n) is 21.7. The van der Waals surface area contributed by atoms with Crippen LogP contribution in [0, 0.1) is 0 Å². The number of fused-ring (bicyclic) bond motifs is 1. The van der Waals surface area contributed by atoms with Crippen LogP contribution < -0.4 is 16.4 Å². The molecule has 0 bridgehead atoms. The Morgan fingerprint density at radius 2 is 1.84 bits per heavy atom. The lowest BCUT2D eigenvalue weighted by molar-refractivity contribution is -0.147. The third-order valence-electron chi connectivity index (χ3n) is 6.24. The number of nitrogens with zero attached hydrogens (tertiary/aromatic N) is 2. The van der Waals surface area contributed by atoms with Crippen LogP contribution in [-0.4, -0.2) is 51.6 Å². The molecule has 4 N–H and O–H groups in total. The minimum atomic E-state index is -1.18. The van der Waals surface area contributed by atoms with Crippen molar-refractivity contribution >= 4 is 23.6 Å². The molecule has 0 fully saturated rings. The molecule has 10 heteroatoms. The number of imidazole rings is 1. The van der Waals surface area contributed by atoms with Crippen LogP contribution in [0.15, 0.2) is 67.1 Å². The maximum absolute atomic E-state index is 13.2. The quantitative estimate of drug-likeness (QED) is 0.350. The summed E-state index contributed by atoms with van der Waals surface area (Å²) in [6, 6.07) is 16.1. The number of esters is 1. The van der Waals surface area contributed by atoms with Gasteiger partial charge in [-0.05, 0) is 30.5 Å². The second kappa shape index (κ2) is 11.6. The van der Waals surface area contributed by atoms with Crippen molar-refractivity contribution in [2.24, 2.45) is 5.73 Å². The van der Waals surface area contributed by atoms with E-state index >= 15 is 0 Å². The van der Waals surface area contributed by atoms with Gasteiger partial charge >= 0.3 is 5.97 Å². The Labute approximate surface area is 221 Å². The molecule has 4 rings (SSSR count). The molecule has 0 radical (unpaired) electrons. The number of carbonyl (C=O) groups excluding carboxylic acids is 3. The van der Waals surface area contributed by atoms with Crippen molar-refractivity contribution in [1.82, 2.24) is 14.9 Å². The molecule has 1 aliphatic carbocycles. The SMILES string of the molecule is CC(=O)O[C@@H]1Cc2ccccc2[C@@H]1n1cnc(NC(=O)[C@@H](COCc2ccccc2)NC(=O)C(C)(C)N)c1. The van der Waals surface area contributed by atoms with Gasteiger partial charge in [0, 0.05) is 19.5 Å². The highest BCUT2D eigenvalue weighted by Crippen LogP contribution is 2.36. The van der Waals surface area contributed by atoms with Crippen molar-refractivity contribution in [2.45, 2.75) is 57.5 Å². The van der Waals surface area contributed by atoms with Crippen LogP contribution in [-0.2, 0) is 36.9 Å². The number of hydrogen-bond donors (Lipinski definition) is 3. The normalized spacial score (nSPS) is 17.4. The minimum Gasteiger partial charge on any atom is -0.460 e. The summed E-state index contributed by atoms with van der Waals surface area (Å²) in [6.07, 6.45) is 3.45. The third kappa shape index (κ3) is 6.64. The molecule has 1 heterocycles. The lowest BCUT2D eigenvalue weighted by Gasteiger charge is -2.23. The fourth-order valence-corrected chi connectivity index (χ4v) is 4.37. The van der Waals surface area contributed by atoms with Gasteiger partial charge in [-0.1, -0.05) is 54.6 Å². The number of amides is 2. The van der Waals surface area contributed by atoms with Gasteiger partial charge in [0.15, 0.2) is 5.82 Å². The van der Waals surface area contributed by atoms with E-state index in [0.717, 1.165) is 16.7 Å². The summed E-state index contributed by atoms with van der Waals surface area (Å²) in [5, 5.41) is 5.43. The summed E-state index contributed by atoms with van der Waals surface area (Å²) in [6.45, 7) is 4.72. The first-order valence-corrected chi connectivity index (χ1v) is 12.4. The van der Waals surface area contributed by atoms with Crippen LogP contribution in [0.4, 0.5) is 5.82 Å². The topological polar surface area (TPSA) is 138 Å². The van der Waals surface area contributed by atoms with Crippen molar-refractivity contribution in [1.29, 1.82) is 0 Å². The van der Waals surface area contributed by atoms with E-state index in [9.17, 15) is 14.4 Å². The fraction of sp³-hybridized carbons (Fsp3) is 0.357. The van der Waals surface area contributed by atoms with Gasteiger partial charge in [0.1, 0.15) is 12.1 Å². The number of nitrogens with one attached hydrogen (secondary N) is 2. The van der Waals surface area contributed by atoms with Crippen LogP contribution in [0.25, 0.3) is 0 Å². The molecule has 10 nitrogen and oxygen atoms in total. The molecule has 0 unspecified atom stereocenters. The summed E-state index contributed by atoms with van der Waals surface area (Å²) >= 11 is 0. The molecule has 3 atom stereocenters. The first kappa shape index (κ1) is 27.0. The van der Waals surface area contributed by atoms with Gasteiger partial charge < -0.3 is 30.4 Å². The Morgan fingerprint density at radius 3 is 2.55 bits per heavy atom. The Balaban J connectivity index is 1.48. The predicted octanol–water partition coefficient (Wildman–Crippen LogP) is 2.34. The fourth-order valence-electron chi connectivity index (χ4n) is 4.37. The number of ether oxygens (including phenoxy) is 2. The van der Waals surface area contributed by atoms with Crippen molar-refractivity contribution in [2.75, 3.05) is 11.9 Å². The number of nitrogens with two attached hydrogens (primary N) is 1. The molecule has 38 heavy (non-hydrogen) atoms. The van der Waals surface area contributed by atoms with E-state index in [1.807, 2.05) is 59.2 Å². The van der Waals surface area contributed by atoms with Crippen LogP contribution >= 0.6 is 0 Å². The molecule has 1 aromatic heterocycles. The zero-order valence-corrected chi connectivity index (χ0v) is 21.7. The predicted molar refractivity (Wildman–Crippen MR) is 141 cm³/mol. The monoisotopic (exact) mass is 519 g/mol. The largest absolute Gasteiger partial charge is 0.460 e. The van der Waals surface area contributed by atoms with Gasteiger partial charge in [-0.2, -0.15) is 0 Å². The lowest BCUT2D eigenvalue weighted by atomic mass is 10.1. The maximum Gasteiger partial charge on any atom is 0.302 e. The van der Waals surface area contributed by atoms with Gasteiger partial charge in [0.05, 0.1) is 31.1 Å². The van der Waals surface area contributed by atoms with Gasteiger partial charge in [0.2, 0.25) is 5.91 Å². The second-order valence-electron chi connectivity index (χ2n) is 9.94. The van der Waals surface area contributed by atoms with E-state index in [-0.39, 0.29) is 31.0 Å². The second-order valence-corrected chi connectivity index (χ2v) is 9.94. The molecule has 1 aliphatic rings. The number of rotatable bonds is 10. The summed E-state index contributed by atoms with van der Waals surface area (Å²) < 4.78 is 13.2. The van der Waals surface area contributed by atoms with Crippen molar-refractivity contribution in [3.63, 3.8) is 0 Å². The highest BCUT2D eigenvalue weighted by atomic mass is 16.5. The van der Waals surface area contributed by atoms with Gasteiger partial charge in [-0.3, -0.25) is 14.4 Å². The van der Waals surface area contributed by atoms with E-state index in [1.54, 1.807) is 26.4 Å². The molecule has 0 saturated heterocycles. The van der Waals surface area contributed by atoms with Crippen LogP contribution in [0.3, 0.4) is 0 Å². The molecule has 0 saturated carbocycles.